The molecule has 0 bridgehead atoms. The van der Waals surface area contributed by atoms with E-state index in [2.05, 4.69) is 15.9 Å². The van der Waals surface area contributed by atoms with Gasteiger partial charge in [-0.3, -0.25) is 4.79 Å². The lowest BCUT2D eigenvalue weighted by Gasteiger charge is -2.07. The van der Waals surface area contributed by atoms with E-state index in [1.807, 2.05) is 42.5 Å². The Balaban J connectivity index is 1.75. The molecular formula is C19H13BrO3. The molecule has 3 rings (SSSR count). The van der Waals surface area contributed by atoms with Crippen LogP contribution in [0.4, 0.5) is 0 Å². The SMILES string of the molecule is O=C(OCC(=O)c1cccc2ccccc12)c1cccc(Br)c1. The van der Waals surface area contributed by atoms with Gasteiger partial charge in [0.05, 0.1) is 5.56 Å². The predicted molar refractivity (Wildman–Crippen MR) is 92.7 cm³/mol. The molecule has 3 nitrogen and oxygen atoms in total. The number of carbonyl (C=O) groups excluding carboxylic acids is 2. The molecule has 0 saturated carbocycles. The topological polar surface area (TPSA) is 43.4 Å². The molecule has 0 radical (unpaired) electrons. The van der Waals surface area contributed by atoms with E-state index in [4.69, 9.17) is 4.74 Å². The van der Waals surface area contributed by atoms with Crippen molar-refractivity contribution >= 4 is 38.5 Å². The van der Waals surface area contributed by atoms with E-state index in [1.165, 1.54) is 0 Å². The molecule has 0 aliphatic carbocycles. The highest BCUT2D eigenvalue weighted by Crippen LogP contribution is 2.19. The molecule has 0 atom stereocenters. The second-order valence-corrected chi connectivity index (χ2v) is 5.95. The molecule has 23 heavy (non-hydrogen) atoms. The van der Waals surface area contributed by atoms with Crippen molar-refractivity contribution in [2.45, 2.75) is 0 Å². The van der Waals surface area contributed by atoms with Crippen LogP contribution < -0.4 is 0 Å². The van der Waals surface area contributed by atoms with Crippen molar-refractivity contribution in [1.29, 1.82) is 0 Å². The molecule has 0 amide bonds. The summed E-state index contributed by atoms with van der Waals surface area (Å²) in [7, 11) is 0. The number of rotatable bonds is 4. The summed E-state index contributed by atoms with van der Waals surface area (Å²) in [6, 6.07) is 20.0. The van der Waals surface area contributed by atoms with Crippen molar-refractivity contribution in [3.63, 3.8) is 0 Å². The van der Waals surface area contributed by atoms with Gasteiger partial charge in [0.15, 0.2) is 6.61 Å². The summed E-state index contributed by atoms with van der Waals surface area (Å²) in [5.41, 5.74) is 0.968. The van der Waals surface area contributed by atoms with Crippen LogP contribution in [0.1, 0.15) is 20.7 Å². The molecule has 3 aromatic rings. The minimum Gasteiger partial charge on any atom is -0.454 e. The lowest BCUT2D eigenvalue weighted by molar-refractivity contribution is 0.0475. The highest BCUT2D eigenvalue weighted by molar-refractivity contribution is 9.10. The average molecular weight is 369 g/mol. The minimum absolute atomic E-state index is 0.217. The first-order chi connectivity index (χ1) is 11.1. The largest absolute Gasteiger partial charge is 0.454 e. The maximum absolute atomic E-state index is 12.4. The van der Waals surface area contributed by atoms with Crippen LogP contribution in [0.2, 0.25) is 0 Å². The van der Waals surface area contributed by atoms with Crippen molar-refractivity contribution in [2.75, 3.05) is 6.61 Å². The molecule has 0 aliphatic heterocycles. The molecule has 0 heterocycles. The van der Waals surface area contributed by atoms with E-state index >= 15 is 0 Å². The molecule has 0 unspecified atom stereocenters. The summed E-state index contributed by atoms with van der Waals surface area (Å²) >= 11 is 3.30. The maximum Gasteiger partial charge on any atom is 0.338 e. The molecule has 4 heteroatoms. The van der Waals surface area contributed by atoms with Crippen LogP contribution in [-0.4, -0.2) is 18.4 Å². The van der Waals surface area contributed by atoms with Gasteiger partial charge in [0.1, 0.15) is 0 Å². The fourth-order valence-corrected chi connectivity index (χ4v) is 2.78. The van der Waals surface area contributed by atoms with Crippen LogP contribution in [0.3, 0.4) is 0 Å². The number of esters is 1. The second kappa shape index (κ2) is 6.75. The third-order valence-corrected chi connectivity index (χ3v) is 3.98. The smallest absolute Gasteiger partial charge is 0.338 e. The number of carbonyl (C=O) groups is 2. The maximum atomic E-state index is 12.4. The Morgan fingerprint density at radius 2 is 1.65 bits per heavy atom. The van der Waals surface area contributed by atoms with Gasteiger partial charge in [-0.2, -0.15) is 0 Å². The van der Waals surface area contributed by atoms with Crippen molar-refractivity contribution in [3.05, 3.63) is 82.3 Å². The van der Waals surface area contributed by atoms with Gasteiger partial charge in [0, 0.05) is 10.0 Å². The Kier molecular flexibility index (Phi) is 4.53. The van der Waals surface area contributed by atoms with Crippen molar-refractivity contribution in [3.8, 4) is 0 Å². The number of ether oxygens (including phenoxy) is 1. The number of fused-ring (bicyclic) bond motifs is 1. The Hall–Kier alpha value is -2.46. The molecule has 3 aromatic carbocycles. The normalized spacial score (nSPS) is 10.5. The number of benzene rings is 3. The van der Waals surface area contributed by atoms with Crippen LogP contribution in [0.25, 0.3) is 10.8 Å². The molecule has 0 fully saturated rings. The molecule has 0 aliphatic rings. The van der Waals surface area contributed by atoms with E-state index in [1.54, 1.807) is 24.3 Å². The second-order valence-electron chi connectivity index (χ2n) is 5.04. The number of Topliss-reactive ketones (excluding diaryl/α,β-unsaturated/α-hetero) is 1. The summed E-state index contributed by atoms with van der Waals surface area (Å²) in [4.78, 5) is 24.4. The Bertz CT molecular complexity index is 881. The van der Waals surface area contributed by atoms with Crippen LogP contribution in [-0.2, 0) is 4.74 Å². The Morgan fingerprint density at radius 3 is 2.48 bits per heavy atom. The number of ketones is 1. The van der Waals surface area contributed by atoms with E-state index in [0.29, 0.717) is 11.1 Å². The fourth-order valence-electron chi connectivity index (χ4n) is 2.38. The first kappa shape index (κ1) is 15.4. The summed E-state index contributed by atoms with van der Waals surface area (Å²) in [5, 5.41) is 1.84. The fraction of sp³-hybridized carbons (Fsp3) is 0.0526. The van der Waals surface area contributed by atoms with E-state index < -0.39 is 5.97 Å². The van der Waals surface area contributed by atoms with Crippen molar-refractivity contribution in [1.82, 2.24) is 0 Å². The third-order valence-electron chi connectivity index (χ3n) is 3.48. The molecule has 0 aromatic heterocycles. The summed E-state index contributed by atoms with van der Waals surface area (Å²) in [6.07, 6.45) is 0. The minimum atomic E-state index is -0.514. The van der Waals surface area contributed by atoms with Gasteiger partial charge in [0.25, 0.3) is 0 Å². The van der Waals surface area contributed by atoms with Gasteiger partial charge in [-0.15, -0.1) is 0 Å². The quantitative estimate of drug-likeness (QED) is 0.497. The summed E-state index contributed by atoms with van der Waals surface area (Å²) < 4.78 is 5.92. The molecule has 114 valence electrons. The number of hydrogen-bond acceptors (Lipinski definition) is 3. The Morgan fingerprint density at radius 1 is 0.913 bits per heavy atom. The van der Waals surface area contributed by atoms with Crippen LogP contribution in [0.5, 0.6) is 0 Å². The number of hydrogen-bond donors (Lipinski definition) is 0. The zero-order valence-corrected chi connectivity index (χ0v) is 13.7. The van der Waals surface area contributed by atoms with Gasteiger partial charge in [-0.05, 0) is 29.0 Å². The van der Waals surface area contributed by atoms with Crippen LogP contribution in [0.15, 0.2) is 71.2 Å². The van der Waals surface area contributed by atoms with Gasteiger partial charge in [-0.25, -0.2) is 4.79 Å². The monoisotopic (exact) mass is 368 g/mol. The average Bonchev–Trinajstić information content (AvgIpc) is 2.59. The highest BCUT2D eigenvalue weighted by Gasteiger charge is 2.14. The zero-order chi connectivity index (χ0) is 16.2. The van der Waals surface area contributed by atoms with Gasteiger partial charge in [-0.1, -0.05) is 64.5 Å². The van der Waals surface area contributed by atoms with Crippen LogP contribution in [0, 0.1) is 0 Å². The van der Waals surface area contributed by atoms with Crippen LogP contribution >= 0.6 is 15.9 Å². The van der Waals surface area contributed by atoms with E-state index in [-0.39, 0.29) is 12.4 Å². The molecular weight excluding hydrogens is 356 g/mol. The van der Waals surface area contributed by atoms with Gasteiger partial charge in [0.2, 0.25) is 5.78 Å². The van der Waals surface area contributed by atoms with E-state index in [0.717, 1.165) is 15.2 Å². The first-order valence-electron chi connectivity index (χ1n) is 7.09. The molecule has 0 N–H and O–H groups in total. The molecule has 0 spiro atoms. The summed E-state index contributed by atoms with van der Waals surface area (Å²) in [5.74, 6) is -0.731. The van der Waals surface area contributed by atoms with Gasteiger partial charge < -0.3 is 4.74 Å². The van der Waals surface area contributed by atoms with Crippen molar-refractivity contribution < 1.29 is 14.3 Å². The van der Waals surface area contributed by atoms with E-state index in [9.17, 15) is 9.59 Å². The van der Waals surface area contributed by atoms with Gasteiger partial charge >= 0.3 is 5.97 Å². The lowest BCUT2D eigenvalue weighted by Crippen LogP contribution is -2.14. The molecule has 0 saturated heterocycles. The van der Waals surface area contributed by atoms with Crippen molar-refractivity contribution in [2.24, 2.45) is 0 Å². The zero-order valence-electron chi connectivity index (χ0n) is 12.2. The predicted octanol–water partition coefficient (Wildman–Crippen LogP) is 4.64. The highest BCUT2D eigenvalue weighted by atomic mass is 79.9. The number of halogens is 1. The lowest BCUT2D eigenvalue weighted by atomic mass is 10.0. The Labute approximate surface area is 142 Å². The third kappa shape index (κ3) is 3.48. The standard InChI is InChI=1S/C19H13BrO3/c20-15-8-3-7-14(11-15)19(22)23-12-18(21)17-10-4-6-13-5-1-2-9-16(13)17/h1-11H,12H2. The first-order valence-corrected chi connectivity index (χ1v) is 7.88. The summed E-state index contributed by atoms with van der Waals surface area (Å²) in [6.45, 7) is -0.278.